The van der Waals surface area contributed by atoms with Gasteiger partial charge in [0.05, 0.1) is 6.61 Å². The van der Waals surface area contributed by atoms with Crippen LogP contribution < -0.4 is 0 Å². The second kappa shape index (κ2) is 7.29. The maximum Gasteiger partial charge on any atom is 0.313 e. The molecular formula is C16H22O3. The molecule has 0 radical (unpaired) electrons. The molecule has 1 saturated carbocycles. The minimum Gasteiger partial charge on any atom is -0.481 e. The van der Waals surface area contributed by atoms with E-state index in [1.807, 2.05) is 30.3 Å². The van der Waals surface area contributed by atoms with E-state index in [0.717, 1.165) is 5.56 Å². The van der Waals surface area contributed by atoms with Gasteiger partial charge in [0, 0.05) is 6.61 Å². The SMILES string of the molecule is O=C(O)C(COCC1CCCCC1)c1ccccc1. The Balaban J connectivity index is 1.82. The van der Waals surface area contributed by atoms with E-state index in [1.54, 1.807) is 0 Å². The zero-order chi connectivity index (χ0) is 13.5. The Bertz CT molecular complexity index is 382. The van der Waals surface area contributed by atoms with Crippen molar-refractivity contribution in [3.63, 3.8) is 0 Å². The van der Waals surface area contributed by atoms with Crippen LogP contribution in [0.25, 0.3) is 0 Å². The van der Waals surface area contributed by atoms with Gasteiger partial charge in [-0.3, -0.25) is 4.79 Å². The van der Waals surface area contributed by atoms with Crippen molar-refractivity contribution in [2.45, 2.75) is 38.0 Å². The minimum atomic E-state index is -0.810. The zero-order valence-electron chi connectivity index (χ0n) is 11.3. The molecule has 0 aliphatic heterocycles. The summed E-state index contributed by atoms with van der Waals surface area (Å²) >= 11 is 0. The van der Waals surface area contributed by atoms with Gasteiger partial charge in [-0.05, 0) is 24.3 Å². The van der Waals surface area contributed by atoms with E-state index in [4.69, 9.17) is 4.74 Å². The van der Waals surface area contributed by atoms with Gasteiger partial charge in [-0.25, -0.2) is 0 Å². The summed E-state index contributed by atoms with van der Waals surface area (Å²) in [7, 11) is 0. The molecule has 0 spiro atoms. The van der Waals surface area contributed by atoms with Crippen molar-refractivity contribution >= 4 is 5.97 Å². The summed E-state index contributed by atoms with van der Waals surface area (Å²) in [5, 5.41) is 9.28. The molecule has 104 valence electrons. The van der Waals surface area contributed by atoms with Gasteiger partial charge in [0.15, 0.2) is 0 Å². The number of hydrogen-bond acceptors (Lipinski definition) is 2. The van der Waals surface area contributed by atoms with Crippen LogP contribution in [0.5, 0.6) is 0 Å². The summed E-state index contributed by atoms with van der Waals surface area (Å²) in [5.74, 6) is -0.737. The van der Waals surface area contributed by atoms with Crippen LogP contribution in [0.15, 0.2) is 30.3 Å². The lowest BCUT2D eigenvalue weighted by molar-refractivity contribution is -0.140. The predicted octanol–water partition coefficient (Wildman–Crippen LogP) is 3.45. The Morgan fingerprint density at radius 3 is 2.53 bits per heavy atom. The van der Waals surface area contributed by atoms with E-state index >= 15 is 0 Å². The van der Waals surface area contributed by atoms with Crippen molar-refractivity contribution in [3.8, 4) is 0 Å². The molecule has 3 nitrogen and oxygen atoms in total. The van der Waals surface area contributed by atoms with Crippen molar-refractivity contribution in [3.05, 3.63) is 35.9 Å². The van der Waals surface area contributed by atoms with Crippen molar-refractivity contribution in [2.75, 3.05) is 13.2 Å². The van der Waals surface area contributed by atoms with Crippen molar-refractivity contribution < 1.29 is 14.6 Å². The van der Waals surface area contributed by atoms with Gasteiger partial charge in [-0.15, -0.1) is 0 Å². The molecule has 1 unspecified atom stereocenters. The fourth-order valence-corrected chi connectivity index (χ4v) is 2.70. The number of rotatable bonds is 6. The monoisotopic (exact) mass is 262 g/mol. The molecule has 19 heavy (non-hydrogen) atoms. The molecule has 1 aromatic carbocycles. The summed E-state index contributed by atoms with van der Waals surface area (Å²) in [5.41, 5.74) is 0.818. The highest BCUT2D eigenvalue weighted by Gasteiger charge is 2.21. The van der Waals surface area contributed by atoms with Crippen molar-refractivity contribution in [1.29, 1.82) is 0 Å². The van der Waals surface area contributed by atoms with E-state index in [2.05, 4.69) is 0 Å². The number of benzene rings is 1. The number of aliphatic carboxylic acids is 1. The highest BCUT2D eigenvalue weighted by molar-refractivity contribution is 5.76. The van der Waals surface area contributed by atoms with Crippen LogP contribution in [0.4, 0.5) is 0 Å². The van der Waals surface area contributed by atoms with Crippen LogP contribution in [-0.2, 0) is 9.53 Å². The van der Waals surface area contributed by atoms with Crippen LogP contribution in [-0.4, -0.2) is 24.3 Å². The van der Waals surface area contributed by atoms with Crippen molar-refractivity contribution in [2.24, 2.45) is 5.92 Å². The lowest BCUT2D eigenvalue weighted by Gasteiger charge is -2.22. The van der Waals surface area contributed by atoms with E-state index in [9.17, 15) is 9.90 Å². The van der Waals surface area contributed by atoms with Crippen LogP contribution in [0.3, 0.4) is 0 Å². The van der Waals surface area contributed by atoms with Crippen LogP contribution in [0.2, 0.25) is 0 Å². The first-order valence-corrected chi connectivity index (χ1v) is 7.13. The first-order chi connectivity index (χ1) is 9.27. The van der Waals surface area contributed by atoms with E-state index in [1.165, 1.54) is 32.1 Å². The van der Waals surface area contributed by atoms with Gasteiger partial charge in [-0.2, -0.15) is 0 Å². The highest BCUT2D eigenvalue weighted by Crippen LogP contribution is 2.24. The highest BCUT2D eigenvalue weighted by atomic mass is 16.5. The third-order valence-electron chi connectivity index (χ3n) is 3.86. The molecule has 0 amide bonds. The van der Waals surface area contributed by atoms with Gasteiger partial charge in [0.1, 0.15) is 5.92 Å². The smallest absolute Gasteiger partial charge is 0.313 e. The molecule has 1 aliphatic carbocycles. The molecule has 0 saturated heterocycles. The Morgan fingerprint density at radius 2 is 1.89 bits per heavy atom. The molecular weight excluding hydrogens is 240 g/mol. The largest absolute Gasteiger partial charge is 0.481 e. The van der Waals surface area contributed by atoms with Crippen LogP contribution >= 0.6 is 0 Å². The number of ether oxygens (including phenoxy) is 1. The second-order valence-corrected chi connectivity index (χ2v) is 5.34. The molecule has 1 N–H and O–H groups in total. The quantitative estimate of drug-likeness (QED) is 0.854. The average Bonchev–Trinajstić information content (AvgIpc) is 2.45. The Morgan fingerprint density at radius 1 is 1.21 bits per heavy atom. The van der Waals surface area contributed by atoms with Gasteiger partial charge >= 0.3 is 5.97 Å². The predicted molar refractivity (Wildman–Crippen MR) is 74.2 cm³/mol. The molecule has 3 heteroatoms. The van der Waals surface area contributed by atoms with Crippen LogP contribution in [0.1, 0.15) is 43.6 Å². The van der Waals surface area contributed by atoms with Crippen molar-refractivity contribution in [1.82, 2.24) is 0 Å². The molecule has 1 aromatic rings. The van der Waals surface area contributed by atoms with Gasteiger partial charge in [0.2, 0.25) is 0 Å². The van der Waals surface area contributed by atoms with Gasteiger partial charge < -0.3 is 9.84 Å². The average molecular weight is 262 g/mol. The van der Waals surface area contributed by atoms with Crippen LogP contribution in [0, 0.1) is 5.92 Å². The third-order valence-corrected chi connectivity index (χ3v) is 3.86. The first kappa shape index (κ1) is 14.1. The van der Waals surface area contributed by atoms with E-state index in [-0.39, 0.29) is 6.61 Å². The number of carboxylic acid groups (broad SMARTS) is 1. The Hall–Kier alpha value is -1.35. The molecule has 1 fully saturated rings. The molecule has 2 rings (SSSR count). The lowest BCUT2D eigenvalue weighted by Crippen LogP contribution is -2.21. The zero-order valence-corrected chi connectivity index (χ0v) is 11.3. The fraction of sp³-hybridized carbons (Fsp3) is 0.562. The Kier molecular flexibility index (Phi) is 5.40. The summed E-state index contributed by atoms with van der Waals surface area (Å²) in [4.78, 5) is 11.3. The van der Waals surface area contributed by atoms with Gasteiger partial charge in [0.25, 0.3) is 0 Å². The minimum absolute atomic E-state index is 0.274. The first-order valence-electron chi connectivity index (χ1n) is 7.13. The van der Waals surface area contributed by atoms with E-state index in [0.29, 0.717) is 12.5 Å². The maximum absolute atomic E-state index is 11.3. The third kappa shape index (κ3) is 4.35. The van der Waals surface area contributed by atoms with Gasteiger partial charge in [-0.1, -0.05) is 49.6 Å². The molecule has 1 aliphatic rings. The number of carboxylic acids is 1. The van der Waals surface area contributed by atoms with E-state index < -0.39 is 11.9 Å². The Labute approximate surface area is 114 Å². The summed E-state index contributed by atoms with van der Waals surface area (Å²) < 4.78 is 5.67. The fourth-order valence-electron chi connectivity index (χ4n) is 2.70. The molecule has 0 aromatic heterocycles. The number of hydrogen-bond donors (Lipinski definition) is 1. The summed E-state index contributed by atoms with van der Waals surface area (Å²) in [6.45, 7) is 0.979. The lowest BCUT2D eigenvalue weighted by atomic mass is 9.90. The normalized spacial score (nSPS) is 18.1. The topological polar surface area (TPSA) is 46.5 Å². The number of carbonyl (C=O) groups is 1. The molecule has 0 bridgehead atoms. The second-order valence-electron chi connectivity index (χ2n) is 5.34. The molecule has 1 atom stereocenters. The molecule has 0 heterocycles. The summed E-state index contributed by atoms with van der Waals surface area (Å²) in [6, 6.07) is 9.33. The summed E-state index contributed by atoms with van der Waals surface area (Å²) in [6.07, 6.45) is 6.36. The standard InChI is InChI=1S/C16H22O3/c17-16(18)15(14-9-5-2-6-10-14)12-19-11-13-7-3-1-4-8-13/h2,5-6,9-10,13,15H,1,3-4,7-8,11-12H2,(H,17,18). The maximum atomic E-state index is 11.3.